The van der Waals surface area contributed by atoms with Gasteiger partial charge in [-0.2, -0.15) is 13.2 Å². The number of halogens is 3. The molecule has 8 heteroatoms. The van der Waals surface area contributed by atoms with Crippen LogP contribution in [0.25, 0.3) is 22.7 Å². The summed E-state index contributed by atoms with van der Waals surface area (Å²) in [6.07, 6.45) is -0.461. The maximum absolute atomic E-state index is 12.7. The van der Waals surface area contributed by atoms with E-state index in [0.717, 1.165) is 22.9 Å². The van der Waals surface area contributed by atoms with Gasteiger partial charge >= 0.3 is 6.18 Å². The maximum atomic E-state index is 12.7. The molecule has 0 saturated heterocycles. The van der Waals surface area contributed by atoms with Crippen LogP contribution < -0.4 is 0 Å². The summed E-state index contributed by atoms with van der Waals surface area (Å²) in [5.41, 5.74) is -0.00695. The van der Waals surface area contributed by atoms with Gasteiger partial charge in [-0.05, 0) is 17.9 Å². The average Bonchev–Trinajstić information content (AvgIpc) is 2.90. The lowest BCUT2D eigenvalue weighted by atomic mass is 10.2. The molecule has 0 radical (unpaired) electrons. The van der Waals surface area contributed by atoms with Crippen molar-refractivity contribution in [3.05, 3.63) is 36.3 Å². The monoisotopic (exact) mass is 325 g/mol. The third-order valence-electron chi connectivity index (χ3n) is 2.89. The molecule has 3 heterocycles. The van der Waals surface area contributed by atoms with Crippen molar-refractivity contribution < 1.29 is 17.6 Å². The van der Waals surface area contributed by atoms with Crippen LogP contribution in [-0.2, 0) is 6.18 Å². The van der Waals surface area contributed by atoms with E-state index in [-0.39, 0.29) is 17.1 Å². The van der Waals surface area contributed by atoms with Crippen molar-refractivity contribution in [1.82, 2.24) is 15.0 Å². The molecule has 0 N–H and O–H groups in total. The molecule has 0 bridgehead atoms. The molecule has 0 unspecified atom stereocenters. The molecule has 0 spiro atoms. The van der Waals surface area contributed by atoms with E-state index in [1.807, 2.05) is 6.92 Å². The maximum Gasteiger partial charge on any atom is 0.417 e. The Kier molecular flexibility index (Phi) is 3.78. The summed E-state index contributed by atoms with van der Waals surface area (Å²) in [4.78, 5) is 12.7. The number of rotatable bonds is 3. The SMILES string of the molecule is CCSc1cnccc1-c1nc2cc(C(F)(F)F)cnc2o1. The van der Waals surface area contributed by atoms with Crippen LogP contribution in [0, 0.1) is 0 Å². The summed E-state index contributed by atoms with van der Waals surface area (Å²) in [5.74, 6) is 1.07. The normalized spacial score (nSPS) is 12.0. The Morgan fingerprint density at radius 3 is 2.82 bits per heavy atom. The third-order valence-corrected chi connectivity index (χ3v) is 3.81. The molecule has 0 amide bonds. The van der Waals surface area contributed by atoms with Crippen LogP contribution in [0.3, 0.4) is 0 Å². The van der Waals surface area contributed by atoms with Crippen molar-refractivity contribution in [3.8, 4) is 11.5 Å². The highest BCUT2D eigenvalue weighted by Gasteiger charge is 2.31. The molecule has 3 rings (SSSR count). The third kappa shape index (κ3) is 2.78. The van der Waals surface area contributed by atoms with Gasteiger partial charge in [0.05, 0.1) is 11.1 Å². The zero-order valence-electron chi connectivity index (χ0n) is 11.4. The first-order chi connectivity index (χ1) is 10.5. The van der Waals surface area contributed by atoms with E-state index < -0.39 is 11.7 Å². The fourth-order valence-electron chi connectivity index (χ4n) is 1.92. The number of hydrogen-bond acceptors (Lipinski definition) is 5. The highest BCUT2D eigenvalue weighted by atomic mass is 32.2. The molecule has 22 heavy (non-hydrogen) atoms. The molecule has 0 aliphatic carbocycles. The van der Waals surface area contributed by atoms with Gasteiger partial charge in [-0.25, -0.2) is 9.97 Å². The molecule has 0 aliphatic rings. The largest absolute Gasteiger partial charge is 0.418 e. The number of oxazole rings is 1. The fraction of sp³-hybridized carbons (Fsp3) is 0.214. The minimum absolute atomic E-state index is 0.0762. The molecular weight excluding hydrogens is 315 g/mol. The van der Waals surface area contributed by atoms with Gasteiger partial charge in [-0.1, -0.05) is 6.92 Å². The molecule has 114 valence electrons. The molecular formula is C14H10F3N3OS. The standard InChI is InChI=1S/C14H10F3N3OS/c1-2-22-11-7-18-4-3-9(11)12-20-10-5-8(14(15,16)17)6-19-13(10)21-12/h3-7H,2H2,1H3. The molecule has 0 atom stereocenters. The zero-order valence-corrected chi connectivity index (χ0v) is 12.2. The fourth-order valence-corrected chi connectivity index (χ4v) is 2.68. The number of alkyl halides is 3. The van der Waals surface area contributed by atoms with Gasteiger partial charge in [0, 0.05) is 23.5 Å². The number of thioether (sulfide) groups is 1. The van der Waals surface area contributed by atoms with Crippen LogP contribution in [0.2, 0.25) is 0 Å². The number of fused-ring (bicyclic) bond motifs is 1. The molecule has 0 aromatic carbocycles. The van der Waals surface area contributed by atoms with E-state index in [1.54, 1.807) is 30.2 Å². The Balaban J connectivity index is 2.09. The van der Waals surface area contributed by atoms with Crippen molar-refractivity contribution in [3.63, 3.8) is 0 Å². The van der Waals surface area contributed by atoms with Gasteiger partial charge in [-0.3, -0.25) is 4.98 Å². The predicted octanol–water partition coefficient (Wildman–Crippen LogP) is 4.42. The number of hydrogen-bond donors (Lipinski definition) is 0. The van der Waals surface area contributed by atoms with Crippen LogP contribution >= 0.6 is 11.8 Å². The zero-order chi connectivity index (χ0) is 15.7. The van der Waals surface area contributed by atoms with E-state index in [1.165, 1.54) is 0 Å². The van der Waals surface area contributed by atoms with E-state index in [2.05, 4.69) is 15.0 Å². The van der Waals surface area contributed by atoms with E-state index in [4.69, 9.17) is 4.42 Å². The summed E-state index contributed by atoms with van der Waals surface area (Å²) in [7, 11) is 0. The highest BCUT2D eigenvalue weighted by Crippen LogP contribution is 2.34. The summed E-state index contributed by atoms with van der Waals surface area (Å²) in [5, 5.41) is 0. The molecule has 3 aromatic heterocycles. The highest BCUT2D eigenvalue weighted by molar-refractivity contribution is 7.99. The summed E-state index contributed by atoms with van der Waals surface area (Å²) < 4.78 is 43.6. The lowest BCUT2D eigenvalue weighted by Crippen LogP contribution is -2.04. The molecule has 0 fully saturated rings. The average molecular weight is 325 g/mol. The van der Waals surface area contributed by atoms with Crippen molar-refractivity contribution in [2.75, 3.05) is 5.75 Å². The van der Waals surface area contributed by atoms with Crippen molar-refractivity contribution >= 4 is 23.0 Å². The number of nitrogens with zero attached hydrogens (tertiary/aromatic N) is 3. The number of aromatic nitrogens is 3. The van der Waals surface area contributed by atoms with Crippen molar-refractivity contribution in [1.29, 1.82) is 0 Å². The van der Waals surface area contributed by atoms with Crippen LogP contribution in [0.5, 0.6) is 0 Å². The Bertz CT molecular complexity index is 816. The minimum atomic E-state index is -4.46. The van der Waals surface area contributed by atoms with Gasteiger partial charge in [0.25, 0.3) is 0 Å². The first-order valence-corrected chi connectivity index (χ1v) is 7.38. The van der Waals surface area contributed by atoms with Crippen LogP contribution in [0.15, 0.2) is 40.0 Å². The lowest BCUT2D eigenvalue weighted by molar-refractivity contribution is -0.137. The van der Waals surface area contributed by atoms with Crippen molar-refractivity contribution in [2.45, 2.75) is 18.0 Å². The summed E-state index contributed by atoms with van der Waals surface area (Å²) in [6.45, 7) is 1.99. The van der Waals surface area contributed by atoms with Crippen LogP contribution in [0.4, 0.5) is 13.2 Å². The molecule has 4 nitrogen and oxygen atoms in total. The van der Waals surface area contributed by atoms with E-state index >= 15 is 0 Å². The Morgan fingerprint density at radius 1 is 1.27 bits per heavy atom. The van der Waals surface area contributed by atoms with Crippen LogP contribution in [-0.4, -0.2) is 20.7 Å². The van der Waals surface area contributed by atoms with Gasteiger partial charge in [-0.15, -0.1) is 11.8 Å². The Morgan fingerprint density at radius 2 is 2.09 bits per heavy atom. The van der Waals surface area contributed by atoms with Crippen LogP contribution in [0.1, 0.15) is 12.5 Å². The van der Waals surface area contributed by atoms with Gasteiger partial charge in [0.1, 0.15) is 5.52 Å². The molecule has 3 aromatic rings. The van der Waals surface area contributed by atoms with Gasteiger partial charge in [0.15, 0.2) is 0 Å². The number of pyridine rings is 2. The van der Waals surface area contributed by atoms with Crippen molar-refractivity contribution in [2.24, 2.45) is 0 Å². The second kappa shape index (κ2) is 5.60. The molecule has 0 aliphatic heterocycles. The van der Waals surface area contributed by atoms with Gasteiger partial charge in [0.2, 0.25) is 11.6 Å². The van der Waals surface area contributed by atoms with E-state index in [0.29, 0.717) is 5.56 Å². The smallest absolute Gasteiger partial charge is 0.417 e. The Labute approximate surface area is 127 Å². The molecule has 0 saturated carbocycles. The summed E-state index contributed by atoms with van der Waals surface area (Å²) in [6, 6.07) is 2.65. The van der Waals surface area contributed by atoms with E-state index in [9.17, 15) is 13.2 Å². The summed E-state index contributed by atoms with van der Waals surface area (Å²) >= 11 is 1.55. The quantitative estimate of drug-likeness (QED) is 0.667. The minimum Gasteiger partial charge on any atom is -0.418 e. The Hall–Kier alpha value is -2.09. The predicted molar refractivity (Wildman–Crippen MR) is 76.4 cm³/mol. The first-order valence-electron chi connectivity index (χ1n) is 6.40. The van der Waals surface area contributed by atoms with Gasteiger partial charge < -0.3 is 4.42 Å². The topological polar surface area (TPSA) is 51.8 Å². The first kappa shape index (κ1) is 14.8. The second-order valence-electron chi connectivity index (χ2n) is 4.37. The second-order valence-corrected chi connectivity index (χ2v) is 5.68. The lowest BCUT2D eigenvalue weighted by Gasteiger charge is -2.03.